The van der Waals surface area contributed by atoms with E-state index in [1.807, 2.05) is 30.2 Å². The van der Waals surface area contributed by atoms with Crippen LogP contribution in [0.5, 0.6) is 0 Å². The highest BCUT2D eigenvalue weighted by Gasteiger charge is 2.20. The molecule has 1 aliphatic rings. The number of benzene rings is 1. The van der Waals surface area contributed by atoms with E-state index in [1.54, 1.807) is 11.3 Å². The number of aryl methyl sites for hydroxylation is 1. The molecule has 0 fully saturated rings. The number of H-pyrrole nitrogens is 2. The molecule has 0 bridgehead atoms. The number of nitrogens with two attached hydrogens (primary N) is 1. The summed E-state index contributed by atoms with van der Waals surface area (Å²) in [4.78, 5) is 4.82. The van der Waals surface area contributed by atoms with Crippen LogP contribution < -0.4 is 5.73 Å². The molecule has 7 heteroatoms. The van der Waals surface area contributed by atoms with Gasteiger partial charge in [-0.1, -0.05) is 18.2 Å². The Bertz CT molecular complexity index is 1480. The van der Waals surface area contributed by atoms with Gasteiger partial charge in [0, 0.05) is 58.0 Å². The number of aromatic nitrogens is 5. The average molecular weight is 425 g/mol. The van der Waals surface area contributed by atoms with E-state index in [2.05, 4.69) is 68.1 Å². The SMILES string of the molecule is Cn1cc(-c2ccc3[nH]nc(-c4cc5c([nH]4)CC(N)=CC=C5c4cccs4)c3c2)cn1. The van der Waals surface area contributed by atoms with E-state index in [1.165, 1.54) is 16.0 Å². The maximum atomic E-state index is 6.24. The number of fused-ring (bicyclic) bond motifs is 2. The Balaban J connectivity index is 1.49. The molecular formula is C24H20N6S. The number of nitrogens with zero attached hydrogens (tertiary/aromatic N) is 3. The highest BCUT2D eigenvalue weighted by atomic mass is 32.1. The van der Waals surface area contributed by atoms with E-state index >= 15 is 0 Å². The zero-order valence-corrected chi connectivity index (χ0v) is 17.7. The number of allylic oxidation sites excluding steroid dienone is 3. The molecule has 0 atom stereocenters. The Hall–Kier alpha value is -3.84. The second-order valence-electron chi connectivity index (χ2n) is 7.79. The summed E-state index contributed by atoms with van der Waals surface area (Å²) in [5, 5.41) is 15.3. The first-order valence-corrected chi connectivity index (χ1v) is 10.9. The number of hydrogen-bond donors (Lipinski definition) is 3. The third kappa shape index (κ3) is 3.02. The molecule has 4 heterocycles. The molecule has 4 aromatic heterocycles. The first kappa shape index (κ1) is 18.0. The molecule has 5 aromatic rings. The number of nitrogens with one attached hydrogen (secondary N) is 2. The second kappa shape index (κ2) is 6.85. The Morgan fingerprint density at radius 1 is 1.13 bits per heavy atom. The molecule has 1 aliphatic carbocycles. The number of rotatable bonds is 3. The van der Waals surface area contributed by atoms with E-state index in [0.29, 0.717) is 6.42 Å². The van der Waals surface area contributed by atoms with Gasteiger partial charge in [0.25, 0.3) is 0 Å². The quantitative estimate of drug-likeness (QED) is 0.387. The molecular weight excluding hydrogens is 404 g/mol. The van der Waals surface area contributed by atoms with Crippen LogP contribution in [0, 0.1) is 0 Å². The van der Waals surface area contributed by atoms with Gasteiger partial charge >= 0.3 is 0 Å². The van der Waals surface area contributed by atoms with Crippen LogP contribution in [0.4, 0.5) is 0 Å². The highest BCUT2D eigenvalue weighted by Crippen LogP contribution is 2.37. The van der Waals surface area contributed by atoms with Gasteiger partial charge in [-0.2, -0.15) is 10.2 Å². The Morgan fingerprint density at radius 3 is 2.87 bits per heavy atom. The molecule has 0 amide bonds. The van der Waals surface area contributed by atoms with Gasteiger partial charge in [0.05, 0.1) is 17.4 Å². The van der Waals surface area contributed by atoms with Crippen LogP contribution in [0.2, 0.25) is 0 Å². The van der Waals surface area contributed by atoms with Crippen LogP contribution >= 0.6 is 11.3 Å². The summed E-state index contributed by atoms with van der Waals surface area (Å²) in [6, 6.07) is 12.7. The summed E-state index contributed by atoms with van der Waals surface area (Å²) < 4.78 is 1.81. The van der Waals surface area contributed by atoms with E-state index in [9.17, 15) is 0 Å². The van der Waals surface area contributed by atoms with Gasteiger partial charge in [-0.3, -0.25) is 9.78 Å². The fourth-order valence-electron chi connectivity index (χ4n) is 4.16. The van der Waals surface area contributed by atoms with Crippen molar-refractivity contribution in [3.8, 4) is 22.5 Å². The van der Waals surface area contributed by atoms with Crippen molar-refractivity contribution in [2.24, 2.45) is 12.8 Å². The fraction of sp³-hybridized carbons (Fsp3) is 0.0833. The van der Waals surface area contributed by atoms with Crippen molar-refractivity contribution < 1.29 is 0 Å². The van der Waals surface area contributed by atoms with Gasteiger partial charge in [0.1, 0.15) is 5.69 Å². The molecule has 1 aromatic carbocycles. The zero-order valence-electron chi connectivity index (χ0n) is 16.9. The van der Waals surface area contributed by atoms with Gasteiger partial charge in [-0.15, -0.1) is 11.3 Å². The Kier molecular flexibility index (Phi) is 3.97. The van der Waals surface area contributed by atoms with Gasteiger partial charge in [-0.25, -0.2) is 0 Å². The molecule has 0 saturated heterocycles. The molecule has 0 unspecified atom stereocenters. The summed E-state index contributed by atoms with van der Waals surface area (Å²) in [7, 11) is 1.93. The van der Waals surface area contributed by atoms with Crippen LogP contribution in [-0.2, 0) is 13.5 Å². The normalized spacial score (nSPS) is 13.7. The van der Waals surface area contributed by atoms with E-state index in [0.717, 1.165) is 44.8 Å². The first-order valence-electron chi connectivity index (χ1n) is 10.1. The molecule has 4 N–H and O–H groups in total. The first-order chi connectivity index (χ1) is 15.2. The van der Waals surface area contributed by atoms with Crippen molar-refractivity contribution in [3.63, 3.8) is 0 Å². The van der Waals surface area contributed by atoms with Crippen LogP contribution in [0.15, 0.2) is 72.0 Å². The lowest BCUT2D eigenvalue weighted by Crippen LogP contribution is -2.01. The number of hydrogen-bond acceptors (Lipinski definition) is 4. The smallest absolute Gasteiger partial charge is 0.116 e. The zero-order chi connectivity index (χ0) is 20.9. The van der Waals surface area contributed by atoms with Gasteiger partial charge in [0.15, 0.2) is 0 Å². The molecule has 152 valence electrons. The van der Waals surface area contributed by atoms with Crippen molar-refractivity contribution >= 4 is 27.8 Å². The lowest BCUT2D eigenvalue weighted by molar-refractivity contribution is 0.768. The van der Waals surface area contributed by atoms with Crippen LogP contribution in [0.3, 0.4) is 0 Å². The summed E-state index contributed by atoms with van der Waals surface area (Å²) in [6.07, 6.45) is 8.71. The van der Waals surface area contributed by atoms with Gasteiger partial charge in [0.2, 0.25) is 0 Å². The van der Waals surface area contributed by atoms with Crippen LogP contribution in [-0.4, -0.2) is 25.0 Å². The second-order valence-corrected chi connectivity index (χ2v) is 8.73. The minimum Gasteiger partial charge on any atom is -0.402 e. The van der Waals surface area contributed by atoms with Crippen molar-refractivity contribution in [1.29, 1.82) is 0 Å². The number of aromatic amines is 2. The third-order valence-electron chi connectivity index (χ3n) is 5.68. The molecule has 0 radical (unpaired) electrons. The lowest BCUT2D eigenvalue weighted by atomic mass is 10.0. The Morgan fingerprint density at radius 2 is 2.06 bits per heavy atom. The lowest BCUT2D eigenvalue weighted by Gasteiger charge is -2.03. The summed E-state index contributed by atoms with van der Waals surface area (Å²) in [5.41, 5.74) is 15.6. The van der Waals surface area contributed by atoms with E-state index < -0.39 is 0 Å². The van der Waals surface area contributed by atoms with Crippen molar-refractivity contribution in [2.45, 2.75) is 6.42 Å². The predicted octanol–water partition coefficient (Wildman–Crippen LogP) is 4.85. The maximum absolute atomic E-state index is 6.24. The van der Waals surface area contributed by atoms with Crippen molar-refractivity contribution in [2.75, 3.05) is 0 Å². The van der Waals surface area contributed by atoms with Crippen molar-refractivity contribution in [1.82, 2.24) is 25.0 Å². The minimum absolute atomic E-state index is 0.685. The largest absolute Gasteiger partial charge is 0.402 e. The fourth-order valence-corrected chi connectivity index (χ4v) is 4.93. The van der Waals surface area contributed by atoms with E-state index in [-0.39, 0.29) is 0 Å². The summed E-state index contributed by atoms with van der Waals surface area (Å²) in [5.74, 6) is 0. The van der Waals surface area contributed by atoms with E-state index in [4.69, 9.17) is 5.73 Å². The summed E-state index contributed by atoms with van der Waals surface area (Å²) in [6.45, 7) is 0. The van der Waals surface area contributed by atoms with Crippen LogP contribution in [0.1, 0.15) is 16.1 Å². The third-order valence-corrected chi connectivity index (χ3v) is 6.58. The molecule has 31 heavy (non-hydrogen) atoms. The van der Waals surface area contributed by atoms with Gasteiger partial charge < -0.3 is 10.7 Å². The maximum Gasteiger partial charge on any atom is 0.116 e. The topological polar surface area (TPSA) is 88.3 Å². The average Bonchev–Trinajstić information content (AvgIpc) is 3.54. The Labute approximate surface area is 182 Å². The minimum atomic E-state index is 0.685. The number of thiophene rings is 1. The van der Waals surface area contributed by atoms with Crippen molar-refractivity contribution in [3.05, 3.63) is 88.2 Å². The molecule has 6 rings (SSSR count). The van der Waals surface area contributed by atoms with Crippen LogP contribution in [0.25, 0.3) is 39.0 Å². The molecule has 6 nitrogen and oxygen atoms in total. The molecule has 0 aliphatic heterocycles. The molecule has 0 saturated carbocycles. The monoisotopic (exact) mass is 424 g/mol. The highest BCUT2D eigenvalue weighted by molar-refractivity contribution is 7.11. The standard InChI is InChI=1S/C24H20N6S/c1-30-13-15(12-26-30)14-4-7-20-19(9-14)24(29-28-20)22-11-18-17(23-3-2-8-31-23)6-5-16(25)10-21(18)27-22/h2-9,11-13,27H,10,25H2,1H3,(H,28,29). The van der Waals surface area contributed by atoms with Gasteiger partial charge in [-0.05, 0) is 41.3 Å². The molecule has 0 spiro atoms. The predicted molar refractivity (Wildman–Crippen MR) is 125 cm³/mol. The summed E-state index contributed by atoms with van der Waals surface area (Å²) >= 11 is 1.73.